The van der Waals surface area contributed by atoms with E-state index >= 15 is 0 Å². The zero-order chi connectivity index (χ0) is 13.2. The number of hydrogen-bond donors (Lipinski definition) is 1. The number of ether oxygens (including phenoxy) is 1. The Kier molecular flexibility index (Phi) is 3.80. The third kappa shape index (κ3) is 2.95. The summed E-state index contributed by atoms with van der Waals surface area (Å²) in [4.78, 5) is 0. The first-order chi connectivity index (χ1) is 9.22. The van der Waals surface area contributed by atoms with Gasteiger partial charge < -0.3 is 10.1 Å². The minimum atomic E-state index is 0.808. The summed E-state index contributed by atoms with van der Waals surface area (Å²) in [6.45, 7) is 1.62. The molecule has 2 nitrogen and oxygen atoms in total. The van der Waals surface area contributed by atoms with Gasteiger partial charge in [0.05, 0.1) is 6.61 Å². The molecule has 1 aliphatic rings. The molecule has 19 heavy (non-hydrogen) atoms. The summed E-state index contributed by atoms with van der Waals surface area (Å²) in [6.07, 6.45) is 1.02. The molecule has 4 heteroatoms. The Labute approximate surface area is 129 Å². The van der Waals surface area contributed by atoms with E-state index in [1.54, 1.807) is 0 Å². The van der Waals surface area contributed by atoms with Gasteiger partial charge >= 0.3 is 0 Å². The average molecular weight is 383 g/mol. The predicted octanol–water partition coefficient (Wildman–Crippen LogP) is 4.76. The first kappa shape index (κ1) is 13.0. The van der Waals surface area contributed by atoms with E-state index in [2.05, 4.69) is 61.4 Å². The summed E-state index contributed by atoms with van der Waals surface area (Å²) in [5, 5.41) is 3.44. The molecule has 0 amide bonds. The molecule has 3 rings (SSSR count). The van der Waals surface area contributed by atoms with Crippen molar-refractivity contribution in [3.8, 4) is 5.75 Å². The molecule has 0 saturated heterocycles. The Bertz CT molecular complexity index is 613. The van der Waals surface area contributed by atoms with Crippen LogP contribution in [0, 0.1) is 0 Å². The van der Waals surface area contributed by atoms with Crippen LogP contribution in [0.3, 0.4) is 0 Å². The van der Waals surface area contributed by atoms with Gasteiger partial charge in [-0.3, -0.25) is 0 Å². The lowest BCUT2D eigenvalue weighted by atomic mass is 10.1. The van der Waals surface area contributed by atoms with Gasteiger partial charge in [0.25, 0.3) is 0 Å². The van der Waals surface area contributed by atoms with Gasteiger partial charge in [0.1, 0.15) is 5.75 Å². The summed E-state index contributed by atoms with van der Waals surface area (Å²) in [5.41, 5.74) is 3.68. The summed E-state index contributed by atoms with van der Waals surface area (Å²) in [5.74, 6) is 1.03. The number of nitrogens with one attached hydrogen (secondary N) is 1. The average Bonchev–Trinajstić information content (AvgIpc) is 2.87. The lowest BCUT2D eigenvalue weighted by molar-refractivity contribution is 0.357. The predicted molar refractivity (Wildman–Crippen MR) is 84.8 cm³/mol. The van der Waals surface area contributed by atoms with Crippen LogP contribution in [0.4, 0.5) is 5.69 Å². The highest BCUT2D eigenvalue weighted by atomic mass is 79.9. The normalized spacial score (nSPS) is 12.9. The molecule has 0 atom stereocenters. The first-order valence-electron chi connectivity index (χ1n) is 6.16. The van der Waals surface area contributed by atoms with Crippen LogP contribution in [-0.4, -0.2) is 6.61 Å². The SMILES string of the molecule is Brc1ccc(Br)c(NCc2ccc3c(c2)CCO3)c1. The largest absolute Gasteiger partial charge is 0.493 e. The number of fused-ring (bicyclic) bond motifs is 1. The van der Waals surface area contributed by atoms with Crippen LogP contribution >= 0.6 is 31.9 Å². The molecule has 0 radical (unpaired) electrons. The van der Waals surface area contributed by atoms with Crippen molar-refractivity contribution in [1.29, 1.82) is 0 Å². The second kappa shape index (κ2) is 5.55. The van der Waals surface area contributed by atoms with Crippen molar-refractivity contribution < 1.29 is 4.74 Å². The second-order valence-corrected chi connectivity index (χ2v) is 6.29. The second-order valence-electron chi connectivity index (χ2n) is 4.52. The Morgan fingerprint density at radius 2 is 2.00 bits per heavy atom. The Balaban J connectivity index is 1.74. The van der Waals surface area contributed by atoms with E-state index in [0.717, 1.165) is 40.0 Å². The number of hydrogen-bond acceptors (Lipinski definition) is 2. The van der Waals surface area contributed by atoms with Gasteiger partial charge in [-0.05, 0) is 51.3 Å². The fourth-order valence-electron chi connectivity index (χ4n) is 2.18. The molecule has 0 saturated carbocycles. The van der Waals surface area contributed by atoms with Crippen LogP contribution in [0.2, 0.25) is 0 Å². The van der Waals surface area contributed by atoms with Crippen molar-refractivity contribution in [2.45, 2.75) is 13.0 Å². The van der Waals surface area contributed by atoms with Gasteiger partial charge in [-0.25, -0.2) is 0 Å². The molecule has 0 fully saturated rings. The van der Waals surface area contributed by atoms with Crippen LogP contribution < -0.4 is 10.1 Å². The van der Waals surface area contributed by atoms with Gasteiger partial charge in [-0.1, -0.05) is 28.1 Å². The Morgan fingerprint density at radius 3 is 2.89 bits per heavy atom. The first-order valence-corrected chi connectivity index (χ1v) is 7.74. The Morgan fingerprint density at radius 1 is 1.11 bits per heavy atom. The lowest BCUT2D eigenvalue weighted by Gasteiger charge is -2.10. The summed E-state index contributed by atoms with van der Waals surface area (Å²) in [7, 11) is 0. The molecule has 2 aromatic rings. The molecular formula is C15H13Br2NO. The van der Waals surface area contributed by atoms with Crippen molar-refractivity contribution in [2.24, 2.45) is 0 Å². The lowest BCUT2D eigenvalue weighted by Crippen LogP contribution is -2.00. The van der Waals surface area contributed by atoms with E-state index in [1.165, 1.54) is 11.1 Å². The monoisotopic (exact) mass is 381 g/mol. The third-order valence-electron chi connectivity index (χ3n) is 3.17. The van der Waals surface area contributed by atoms with Crippen molar-refractivity contribution in [3.63, 3.8) is 0 Å². The van der Waals surface area contributed by atoms with Crippen LogP contribution in [0.25, 0.3) is 0 Å². The van der Waals surface area contributed by atoms with Gasteiger partial charge in [-0.15, -0.1) is 0 Å². The van der Waals surface area contributed by atoms with Crippen LogP contribution in [0.15, 0.2) is 45.3 Å². The summed E-state index contributed by atoms with van der Waals surface area (Å²) in [6, 6.07) is 12.5. The summed E-state index contributed by atoms with van der Waals surface area (Å²) < 4.78 is 7.66. The maximum absolute atomic E-state index is 5.52. The molecule has 98 valence electrons. The fourth-order valence-corrected chi connectivity index (χ4v) is 2.93. The molecule has 0 spiro atoms. The molecule has 0 unspecified atom stereocenters. The minimum absolute atomic E-state index is 0.808. The van der Waals surface area contributed by atoms with Crippen LogP contribution in [-0.2, 0) is 13.0 Å². The number of anilines is 1. The quantitative estimate of drug-likeness (QED) is 0.826. The molecule has 0 aromatic heterocycles. The van der Waals surface area contributed by atoms with E-state index in [4.69, 9.17) is 4.74 Å². The molecule has 1 heterocycles. The minimum Gasteiger partial charge on any atom is -0.493 e. The van der Waals surface area contributed by atoms with Crippen molar-refractivity contribution in [2.75, 3.05) is 11.9 Å². The smallest absolute Gasteiger partial charge is 0.122 e. The number of halogens is 2. The van der Waals surface area contributed by atoms with Crippen LogP contribution in [0.5, 0.6) is 5.75 Å². The van der Waals surface area contributed by atoms with Crippen molar-refractivity contribution >= 4 is 37.5 Å². The Hall–Kier alpha value is -1.00. The number of rotatable bonds is 3. The maximum atomic E-state index is 5.52. The fraction of sp³-hybridized carbons (Fsp3) is 0.200. The van der Waals surface area contributed by atoms with Gasteiger partial charge in [0.15, 0.2) is 0 Å². The maximum Gasteiger partial charge on any atom is 0.122 e. The molecule has 0 aliphatic carbocycles. The van der Waals surface area contributed by atoms with E-state index < -0.39 is 0 Å². The molecule has 0 bridgehead atoms. The van der Waals surface area contributed by atoms with E-state index in [1.807, 2.05) is 12.1 Å². The van der Waals surface area contributed by atoms with Gasteiger partial charge in [0.2, 0.25) is 0 Å². The molecule has 1 N–H and O–H groups in total. The molecule has 2 aromatic carbocycles. The molecule has 1 aliphatic heterocycles. The van der Waals surface area contributed by atoms with E-state index in [0.29, 0.717) is 0 Å². The highest BCUT2D eigenvalue weighted by Crippen LogP contribution is 2.28. The van der Waals surface area contributed by atoms with Crippen molar-refractivity contribution in [3.05, 3.63) is 56.5 Å². The van der Waals surface area contributed by atoms with Crippen molar-refractivity contribution in [1.82, 2.24) is 0 Å². The van der Waals surface area contributed by atoms with Gasteiger partial charge in [0, 0.05) is 27.6 Å². The van der Waals surface area contributed by atoms with E-state index in [9.17, 15) is 0 Å². The zero-order valence-electron chi connectivity index (χ0n) is 10.2. The molecular weight excluding hydrogens is 370 g/mol. The van der Waals surface area contributed by atoms with E-state index in [-0.39, 0.29) is 0 Å². The number of benzene rings is 2. The zero-order valence-corrected chi connectivity index (χ0v) is 13.4. The van der Waals surface area contributed by atoms with Crippen LogP contribution in [0.1, 0.15) is 11.1 Å². The van der Waals surface area contributed by atoms with Gasteiger partial charge in [-0.2, -0.15) is 0 Å². The topological polar surface area (TPSA) is 21.3 Å². The standard InChI is InChI=1S/C15H13Br2NO/c16-12-2-3-13(17)14(8-12)18-9-10-1-4-15-11(7-10)5-6-19-15/h1-4,7-8,18H,5-6,9H2. The third-order valence-corrected chi connectivity index (χ3v) is 4.35. The summed E-state index contributed by atoms with van der Waals surface area (Å²) >= 11 is 7.04. The highest BCUT2D eigenvalue weighted by molar-refractivity contribution is 9.11. The highest BCUT2D eigenvalue weighted by Gasteiger charge is 2.11.